The maximum absolute atomic E-state index is 12.8. The first kappa shape index (κ1) is 36.9. The summed E-state index contributed by atoms with van der Waals surface area (Å²) in [5, 5.41) is 3.08. The minimum Gasteiger partial charge on any atom is -0.296 e. The number of hydrogen-bond acceptors (Lipinski definition) is 5. The molecule has 0 amide bonds. The van der Waals surface area contributed by atoms with E-state index in [0.29, 0.717) is 17.2 Å². The standard InChI is InChI=1S/C20H14BrN.C15H10BrNO3S.C10H9N/c21-18-8-6-16-11-14(12-17(16)13-18)5-9-19-10-7-15-3-1-2-4-20(15)22-19;16-12-7-6-11-8-13(10-18)17(15(11)9-12)21(19,20)14-4-2-1-3-5-14;1-8-6-7-9-4-2-3-5-10(9)11-8/h1-11,13H,12H2;1-10H;2-7H,1H3/b9-5+;;. The van der Waals surface area contributed by atoms with Crippen LogP contribution >= 0.6 is 31.9 Å². The molecule has 1 aliphatic carbocycles. The number of aryl methyl sites for hydroxylation is 1. The van der Waals surface area contributed by atoms with Gasteiger partial charge in [0.15, 0.2) is 6.29 Å². The molecule has 5 aromatic carbocycles. The molecule has 0 aliphatic heterocycles. The van der Waals surface area contributed by atoms with E-state index < -0.39 is 10.0 Å². The fourth-order valence-electron chi connectivity index (χ4n) is 6.20. The number of fused-ring (bicyclic) bond motifs is 4. The highest BCUT2D eigenvalue weighted by Crippen LogP contribution is 2.29. The minimum absolute atomic E-state index is 0.104. The second-order valence-electron chi connectivity index (χ2n) is 12.6. The molecule has 0 N–H and O–H groups in total. The predicted octanol–water partition coefficient (Wildman–Crippen LogP) is 11.6. The molecular weight excluding hydrogens is 822 g/mol. The highest BCUT2D eigenvalue weighted by atomic mass is 79.9. The van der Waals surface area contributed by atoms with E-state index >= 15 is 0 Å². The third-order valence-electron chi connectivity index (χ3n) is 8.82. The second kappa shape index (κ2) is 16.3. The molecule has 6 nitrogen and oxygen atoms in total. The van der Waals surface area contributed by atoms with Crippen LogP contribution in [0.3, 0.4) is 0 Å². The summed E-state index contributed by atoms with van der Waals surface area (Å²) in [6.45, 7) is 2.01. The van der Waals surface area contributed by atoms with Gasteiger partial charge in [0.05, 0.1) is 32.8 Å². The Kier molecular flexibility index (Phi) is 11.1. The van der Waals surface area contributed by atoms with E-state index in [2.05, 4.69) is 115 Å². The Balaban J connectivity index is 0.000000132. The fraction of sp³-hybridized carbons (Fsp3) is 0.0444. The van der Waals surface area contributed by atoms with Gasteiger partial charge >= 0.3 is 0 Å². The predicted molar refractivity (Wildman–Crippen MR) is 227 cm³/mol. The van der Waals surface area contributed by atoms with Crippen molar-refractivity contribution < 1.29 is 13.2 Å². The molecule has 0 saturated heterocycles. The van der Waals surface area contributed by atoms with Gasteiger partial charge in [0.25, 0.3) is 10.0 Å². The zero-order valence-electron chi connectivity index (χ0n) is 29.1. The van der Waals surface area contributed by atoms with Crippen LogP contribution in [-0.2, 0) is 16.4 Å². The number of para-hydroxylation sites is 2. The molecule has 54 heavy (non-hydrogen) atoms. The number of hydrogen-bond donors (Lipinski definition) is 0. The number of pyridine rings is 2. The summed E-state index contributed by atoms with van der Waals surface area (Å²) < 4.78 is 28.5. The van der Waals surface area contributed by atoms with E-state index in [0.717, 1.165) is 41.8 Å². The topological polar surface area (TPSA) is 81.9 Å². The van der Waals surface area contributed by atoms with Crippen LogP contribution in [0.15, 0.2) is 171 Å². The number of allylic oxidation sites excluding steroid dienone is 2. The lowest BCUT2D eigenvalue weighted by atomic mass is 10.1. The van der Waals surface area contributed by atoms with E-state index in [9.17, 15) is 13.2 Å². The Morgan fingerprint density at radius 1 is 0.648 bits per heavy atom. The van der Waals surface area contributed by atoms with Gasteiger partial charge in [-0.3, -0.25) is 9.78 Å². The summed E-state index contributed by atoms with van der Waals surface area (Å²) in [5.41, 5.74) is 8.77. The van der Waals surface area contributed by atoms with Gasteiger partial charge in [-0.15, -0.1) is 0 Å². The first-order chi connectivity index (χ1) is 26.2. The molecule has 3 aromatic heterocycles. The lowest BCUT2D eigenvalue weighted by Gasteiger charge is -2.09. The molecule has 1 aliphatic rings. The molecule has 266 valence electrons. The molecule has 0 unspecified atom stereocenters. The van der Waals surface area contributed by atoms with Crippen molar-refractivity contribution in [2.45, 2.75) is 18.2 Å². The molecule has 3 heterocycles. The average molecular weight is 856 g/mol. The minimum atomic E-state index is -3.82. The van der Waals surface area contributed by atoms with E-state index in [4.69, 9.17) is 0 Å². The zero-order valence-corrected chi connectivity index (χ0v) is 33.1. The molecule has 9 heteroatoms. The number of halogens is 2. The van der Waals surface area contributed by atoms with Gasteiger partial charge in [-0.05, 0) is 103 Å². The first-order valence-electron chi connectivity index (χ1n) is 17.1. The lowest BCUT2D eigenvalue weighted by Crippen LogP contribution is -2.15. The summed E-state index contributed by atoms with van der Waals surface area (Å²) in [5.74, 6) is 0. The van der Waals surface area contributed by atoms with Crippen LogP contribution in [-0.4, -0.2) is 28.6 Å². The van der Waals surface area contributed by atoms with Crippen LogP contribution in [0.4, 0.5) is 0 Å². The summed E-state index contributed by atoms with van der Waals surface area (Å²) in [7, 11) is -3.82. The van der Waals surface area contributed by atoms with Crippen molar-refractivity contribution in [2.75, 3.05) is 0 Å². The van der Waals surface area contributed by atoms with Crippen LogP contribution in [0.2, 0.25) is 0 Å². The van der Waals surface area contributed by atoms with Crippen LogP contribution < -0.4 is 0 Å². The Hall–Kier alpha value is -5.48. The number of carbonyl (C=O) groups is 1. The maximum atomic E-state index is 12.8. The van der Waals surface area contributed by atoms with Crippen molar-refractivity contribution >= 4 is 93.0 Å². The number of carbonyl (C=O) groups excluding carboxylic acids is 1. The summed E-state index contributed by atoms with van der Waals surface area (Å²) in [4.78, 5) is 20.5. The molecule has 8 aromatic rings. The average Bonchev–Trinajstić information content (AvgIpc) is 3.78. The highest BCUT2D eigenvalue weighted by Gasteiger charge is 2.22. The van der Waals surface area contributed by atoms with Gasteiger partial charge in [-0.25, -0.2) is 17.4 Å². The van der Waals surface area contributed by atoms with E-state index in [1.54, 1.807) is 42.5 Å². The molecule has 0 fully saturated rings. The van der Waals surface area contributed by atoms with Gasteiger partial charge in [-0.1, -0.05) is 123 Å². The fourth-order valence-corrected chi connectivity index (χ4v) is 8.46. The van der Waals surface area contributed by atoms with Crippen molar-refractivity contribution in [3.8, 4) is 0 Å². The van der Waals surface area contributed by atoms with Crippen LogP contribution in [0.25, 0.3) is 44.9 Å². The van der Waals surface area contributed by atoms with Crippen LogP contribution in [0, 0.1) is 6.92 Å². The molecule has 9 rings (SSSR count). The molecule has 0 spiro atoms. The summed E-state index contributed by atoms with van der Waals surface area (Å²) in [6.07, 6.45) is 8.05. The SMILES string of the molecule is Brc1ccc2c(c1)CC(/C=C/c1ccc3ccccc3n1)=C2.Cc1ccc2ccccc2n1.O=Cc1cc2ccc(Br)cc2n1S(=O)(=O)c1ccccc1. The summed E-state index contributed by atoms with van der Waals surface area (Å²) in [6, 6.07) is 46.0. The van der Waals surface area contributed by atoms with Gasteiger partial charge in [0.2, 0.25) is 0 Å². The number of rotatable bonds is 5. The monoisotopic (exact) mass is 853 g/mol. The third-order valence-corrected chi connectivity index (χ3v) is 11.6. The van der Waals surface area contributed by atoms with Gasteiger partial charge in [0, 0.05) is 30.8 Å². The van der Waals surface area contributed by atoms with Crippen molar-refractivity contribution in [3.05, 3.63) is 194 Å². The first-order valence-corrected chi connectivity index (χ1v) is 20.1. The van der Waals surface area contributed by atoms with E-state index in [1.807, 2.05) is 43.3 Å². The lowest BCUT2D eigenvalue weighted by molar-refractivity contribution is 0.111. The molecule has 0 radical (unpaired) electrons. The molecular formula is C45H33Br2N3O3S. The molecule has 0 saturated carbocycles. The zero-order chi connectivity index (χ0) is 37.7. The molecule has 0 bridgehead atoms. The number of aromatic nitrogens is 3. The Morgan fingerprint density at radius 2 is 1.28 bits per heavy atom. The van der Waals surface area contributed by atoms with E-state index in [1.165, 1.54) is 39.6 Å². The van der Waals surface area contributed by atoms with Crippen molar-refractivity contribution in [1.29, 1.82) is 0 Å². The smallest absolute Gasteiger partial charge is 0.268 e. The number of nitrogens with zero attached hydrogens (tertiary/aromatic N) is 3. The van der Waals surface area contributed by atoms with Crippen molar-refractivity contribution in [2.24, 2.45) is 0 Å². The van der Waals surface area contributed by atoms with Crippen LogP contribution in [0.5, 0.6) is 0 Å². The third kappa shape index (κ3) is 8.34. The van der Waals surface area contributed by atoms with Gasteiger partial charge in [0.1, 0.15) is 0 Å². The number of benzene rings is 5. The largest absolute Gasteiger partial charge is 0.296 e. The van der Waals surface area contributed by atoms with Gasteiger partial charge < -0.3 is 0 Å². The van der Waals surface area contributed by atoms with Gasteiger partial charge in [-0.2, -0.15) is 0 Å². The summed E-state index contributed by atoms with van der Waals surface area (Å²) >= 11 is 6.86. The highest BCUT2D eigenvalue weighted by molar-refractivity contribution is 9.10. The normalized spacial score (nSPS) is 12.2. The Bertz CT molecular complexity index is 2830. The van der Waals surface area contributed by atoms with Crippen molar-refractivity contribution in [3.63, 3.8) is 0 Å². The number of aldehydes is 1. The van der Waals surface area contributed by atoms with E-state index in [-0.39, 0.29) is 10.6 Å². The second-order valence-corrected chi connectivity index (χ2v) is 16.2. The maximum Gasteiger partial charge on any atom is 0.268 e. The Morgan fingerprint density at radius 3 is 2.02 bits per heavy atom. The van der Waals surface area contributed by atoms with Crippen LogP contribution in [0.1, 0.15) is 33.0 Å². The van der Waals surface area contributed by atoms with Crippen molar-refractivity contribution in [1.82, 2.24) is 13.9 Å². The molecule has 0 atom stereocenters. The Labute approximate surface area is 330 Å². The quantitative estimate of drug-likeness (QED) is 0.161.